The SMILES string of the molecule is CC(C)CC(NC(=O)C(CC(C)C)NC(=O)C(N)CCC(=O)O)C(=O)O. The Bertz CT molecular complexity index is 507. The van der Waals surface area contributed by atoms with E-state index >= 15 is 0 Å². The zero-order chi connectivity index (χ0) is 20.4. The lowest BCUT2D eigenvalue weighted by atomic mass is 10.00. The van der Waals surface area contributed by atoms with Gasteiger partial charge in [0.25, 0.3) is 0 Å². The van der Waals surface area contributed by atoms with Gasteiger partial charge < -0.3 is 26.6 Å². The molecule has 2 amide bonds. The van der Waals surface area contributed by atoms with Crippen LogP contribution in [0.25, 0.3) is 0 Å². The summed E-state index contributed by atoms with van der Waals surface area (Å²) in [5, 5.41) is 22.9. The Hall–Kier alpha value is -2.16. The quantitative estimate of drug-likeness (QED) is 0.329. The van der Waals surface area contributed by atoms with Gasteiger partial charge in [-0.25, -0.2) is 4.79 Å². The largest absolute Gasteiger partial charge is 0.481 e. The Morgan fingerprint density at radius 1 is 0.846 bits per heavy atom. The van der Waals surface area contributed by atoms with E-state index in [1.165, 1.54) is 0 Å². The summed E-state index contributed by atoms with van der Waals surface area (Å²) in [4.78, 5) is 46.5. The van der Waals surface area contributed by atoms with Gasteiger partial charge >= 0.3 is 11.9 Å². The molecule has 0 aromatic heterocycles. The van der Waals surface area contributed by atoms with Gasteiger partial charge in [0.15, 0.2) is 0 Å². The molecule has 9 nitrogen and oxygen atoms in total. The van der Waals surface area contributed by atoms with E-state index in [2.05, 4.69) is 10.6 Å². The first-order valence-corrected chi connectivity index (χ1v) is 8.74. The van der Waals surface area contributed by atoms with Crippen LogP contribution in [0.1, 0.15) is 53.4 Å². The van der Waals surface area contributed by atoms with Crippen LogP contribution in [0.2, 0.25) is 0 Å². The monoisotopic (exact) mass is 373 g/mol. The number of nitrogens with two attached hydrogens (primary N) is 1. The van der Waals surface area contributed by atoms with Crippen molar-refractivity contribution in [1.29, 1.82) is 0 Å². The number of hydrogen-bond acceptors (Lipinski definition) is 5. The molecule has 150 valence electrons. The molecular weight excluding hydrogens is 342 g/mol. The second-order valence-electron chi connectivity index (χ2n) is 7.26. The first-order chi connectivity index (χ1) is 11.9. The summed E-state index contributed by atoms with van der Waals surface area (Å²) in [7, 11) is 0. The highest BCUT2D eigenvalue weighted by molar-refractivity contribution is 5.91. The molecule has 0 fully saturated rings. The topological polar surface area (TPSA) is 159 Å². The Kier molecular flexibility index (Phi) is 10.5. The number of amides is 2. The van der Waals surface area contributed by atoms with E-state index in [-0.39, 0.29) is 31.1 Å². The maximum Gasteiger partial charge on any atom is 0.326 e. The first kappa shape index (κ1) is 23.8. The van der Waals surface area contributed by atoms with Gasteiger partial charge in [-0.2, -0.15) is 0 Å². The number of aliphatic carboxylic acids is 2. The highest BCUT2D eigenvalue weighted by Gasteiger charge is 2.28. The lowest BCUT2D eigenvalue weighted by molar-refractivity contribution is -0.142. The summed E-state index contributed by atoms with van der Waals surface area (Å²) in [6.07, 6.45) is 0.256. The zero-order valence-corrected chi connectivity index (χ0v) is 15.8. The Labute approximate surface area is 153 Å². The molecule has 6 N–H and O–H groups in total. The Balaban J connectivity index is 5.00. The van der Waals surface area contributed by atoms with E-state index in [0.717, 1.165) is 0 Å². The second-order valence-corrected chi connectivity index (χ2v) is 7.26. The average molecular weight is 373 g/mol. The summed E-state index contributed by atoms with van der Waals surface area (Å²) in [5.41, 5.74) is 5.66. The van der Waals surface area contributed by atoms with E-state index in [9.17, 15) is 24.3 Å². The third kappa shape index (κ3) is 9.97. The minimum atomic E-state index is -1.14. The number of rotatable bonds is 12. The normalized spacial score (nSPS) is 14.6. The summed E-state index contributed by atoms with van der Waals surface area (Å²) in [6, 6.07) is -3.04. The van der Waals surface area contributed by atoms with Crippen molar-refractivity contribution in [2.45, 2.75) is 71.5 Å². The predicted octanol–water partition coefficient (Wildman–Crippen LogP) is 0.325. The lowest BCUT2D eigenvalue weighted by Gasteiger charge is -2.24. The van der Waals surface area contributed by atoms with Gasteiger partial charge in [-0.05, 0) is 31.1 Å². The smallest absolute Gasteiger partial charge is 0.326 e. The van der Waals surface area contributed by atoms with Gasteiger partial charge in [-0.15, -0.1) is 0 Å². The molecule has 0 rings (SSSR count). The zero-order valence-electron chi connectivity index (χ0n) is 15.8. The fourth-order valence-electron chi connectivity index (χ4n) is 2.36. The van der Waals surface area contributed by atoms with Crippen molar-refractivity contribution < 1.29 is 29.4 Å². The molecule has 9 heteroatoms. The molecule has 0 heterocycles. The molecule has 0 radical (unpaired) electrons. The maximum absolute atomic E-state index is 12.5. The standard InChI is InChI=1S/C17H31N3O6/c1-9(2)7-12(19-15(23)11(18)5-6-14(21)22)16(24)20-13(17(25)26)8-10(3)4/h9-13H,5-8,18H2,1-4H3,(H,19,23)(H,20,24)(H,21,22)(H,25,26). The number of nitrogens with one attached hydrogen (secondary N) is 2. The van der Waals surface area contributed by atoms with E-state index in [1.54, 1.807) is 0 Å². The molecule has 0 spiro atoms. The molecule has 3 unspecified atom stereocenters. The van der Waals surface area contributed by atoms with Gasteiger partial charge in [0.1, 0.15) is 12.1 Å². The van der Waals surface area contributed by atoms with Gasteiger partial charge in [-0.1, -0.05) is 27.7 Å². The van der Waals surface area contributed by atoms with Crippen molar-refractivity contribution in [2.24, 2.45) is 17.6 Å². The predicted molar refractivity (Wildman–Crippen MR) is 95.3 cm³/mol. The van der Waals surface area contributed by atoms with Crippen LogP contribution in [0.15, 0.2) is 0 Å². The molecule has 0 saturated carbocycles. The third-order valence-electron chi connectivity index (χ3n) is 3.67. The summed E-state index contributed by atoms with van der Waals surface area (Å²) in [5.74, 6) is -3.30. The number of carboxylic acid groups (broad SMARTS) is 2. The maximum atomic E-state index is 12.5. The molecule has 3 atom stereocenters. The van der Waals surface area contributed by atoms with Crippen LogP contribution >= 0.6 is 0 Å². The average Bonchev–Trinajstić information content (AvgIpc) is 2.49. The van der Waals surface area contributed by atoms with Gasteiger partial charge in [0, 0.05) is 6.42 Å². The van der Waals surface area contributed by atoms with Gasteiger partial charge in [-0.3, -0.25) is 14.4 Å². The van der Waals surface area contributed by atoms with Crippen LogP contribution in [0, 0.1) is 11.8 Å². The molecule has 0 aromatic carbocycles. The van der Waals surface area contributed by atoms with Crippen LogP contribution in [0.3, 0.4) is 0 Å². The van der Waals surface area contributed by atoms with Crippen molar-refractivity contribution in [1.82, 2.24) is 10.6 Å². The molecule has 26 heavy (non-hydrogen) atoms. The highest BCUT2D eigenvalue weighted by atomic mass is 16.4. The lowest BCUT2D eigenvalue weighted by Crippen LogP contribution is -2.55. The van der Waals surface area contributed by atoms with Crippen molar-refractivity contribution in [3.05, 3.63) is 0 Å². The highest BCUT2D eigenvalue weighted by Crippen LogP contribution is 2.09. The first-order valence-electron chi connectivity index (χ1n) is 8.74. The molecule has 0 aliphatic carbocycles. The number of carbonyl (C=O) groups excluding carboxylic acids is 2. The molecule has 0 aliphatic heterocycles. The van der Waals surface area contributed by atoms with Gasteiger partial charge in [0.2, 0.25) is 11.8 Å². The molecular formula is C17H31N3O6. The van der Waals surface area contributed by atoms with E-state index in [0.29, 0.717) is 6.42 Å². The minimum absolute atomic E-state index is 0.0533. The minimum Gasteiger partial charge on any atom is -0.481 e. The van der Waals surface area contributed by atoms with Crippen molar-refractivity contribution >= 4 is 23.8 Å². The van der Waals surface area contributed by atoms with E-state index in [1.807, 2.05) is 27.7 Å². The van der Waals surface area contributed by atoms with Crippen molar-refractivity contribution in [3.63, 3.8) is 0 Å². The fraction of sp³-hybridized carbons (Fsp3) is 0.765. The number of hydrogen-bond donors (Lipinski definition) is 5. The molecule has 0 saturated heterocycles. The van der Waals surface area contributed by atoms with Crippen LogP contribution in [0.5, 0.6) is 0 Å². The van der Waals surface area contributed by atoms with Crippen LogP contribution in [-0.2, 0) is 19.2 Å². The Morgan fingerprint density at radius 3 is 1.73 bits per heavy atom. The number of carboxylic acids is 2. The fourth-order valence-corrected chi connectivity index (χ4v) is 2.36. The van der Waals surface area contributed by atoms with E-state index < -0.39 is 41.9 Å². The van der Waals surface area contributed by atoms with Crippen LogP contribution < -0.4 is 16.4 Å². The van der Waals surface area contributed by atoms with Crippen molar-refractivity contribution in [2.75, 3.05) is 0 Å². The van der Waals surface area contributed by atoms with Gasteiger partial charge in [0.05, 0.1) is 6.04 Å². The third-order valence-corrected chi connectivity index (χ3v) is 3.67. The molecule has 0 bridgehead atoms. The summed E-state index contributed by atoms with van der Waals surface area (Å²) >= 11 is 0. The summed E-state index contributed by atoms with van der Waals surface area (Å²) < 4.78 is 0. The molecule has 0 aliphatic rings. The van der Waals surface area contributed by atoms with E-state index in [4.69, 9.17) is 10.8 Å². The van der Waals surface area contributed by atoms with Crippen LogP contribution in [-0.4, -0.2) is 52.1 Å². The number of carbonyl (C=O) groups is 4. The summed E-state index contributed by atoms with van der Waals surface area (Å²) in [6.45, 7) is 7.41. The molecule has 0 aromatic rings. The Morgan fingerprint density at radius 2 is 1.31 bits per heavy atom. The second kappa shape index (κ2) is 11.5. The van der Waals surface area contributed by atoms with Crippen LogP contribution in [0.4, 0.5) is 0 Å². The van der Waals surface area contributed by atoms with Crippen molar-refractivity contribution in [3.8, 4) is 0 Å².